The van der Waals surface area contributed by atoms with Gasteiger partial charge in [-0.05, 0) is 25.0 Å². The molecule has 0 aliphatic carbocycles. The molecule has 9 nitrogen and oxygen atoms in total. The Kier molecular flexibility index (Phi) is 5.93. The Morgan fingerprint density at radius 2 is 2.11 bits per heavy atom. The summed E-state index contributed by atoms with van der Waals surface area (Å²) in [4.78, 5) is 41.9. The van der Waals surface area contributed by atoms with Crippen molar-refractivity contribution in [2.75, 3.05) is 6.54 Å². The normalized spacial score (nSPS) is 11.0. The number of aromatic amines is 1. The predicted molar refractivity (Wildman–Crippen MR) is 101 cm³/mol. The fourth-order valence-electron chi connectivity index (χ4n) is 2.64. The average molecular weight is 382 g/mol. The van der Waals surface area contributed by atoms with E-state index in [-0.39, 0.29) is 12.1 Å². The number of hydrogen-bond donors (Lipinski definition) is 1. The Balaban J connectivity index is 1.77. The number of carbonyl (C=O) groups is 1. The Bertz CT molecular complexity index is 996. The SMILES string of the molecule is CCN(Cc1noc(CC(C)C)n1)C(=O)c1cnc(-c2ccccn2)[nH]c1=O. The van der Waals surface area contributed by atoms with Crippen LogP contribution >= 0.6 is 0 Å². The molecule has 0 saturated carbocycles. The topological polar surface area (TPSA) is 118 Å². The van der Waals surface area contributed by atoms with Crippen LogP contribution in [0.15, 0.2) is 39.9 Å². The largest absolute Gasteiger partial charge is 0.339 e. The Labute approximate surface area is 161 Å². The standard InChI is InChI=1S/C19H22N6O3/c1-4-25(11-15-22-16(28-24-15)9-12(2)3)19(27)13-10-21-17(23-18(13)26)14-7-5-6-8-20-14/h5-8,10,12H,4,9,11H2,1-3H3,(H,21,23,26). The van der Waals surface area contributed by atoms with Crippen molar-refractivity contribution >= 4 is 5.91 Å². The monoisotopic (exact) mass is 382 g/mol. The van der Waals surface area contributed by atoms with Gasteiger partial charge in [-0.25, -0.2) is 4.98 Å². The summed E-state index contributed by atoms with van der Waals surface area (Å²) >= 11 is 0. The van der Waals surface area contributed by atoms with Gasteiger partial charge in [0.25, 0.3) is 11.5 Å². The lowest BCUT2D eigenvalue weighted by atomic mass is 10.1. The van der Waals surface area contributed by atoms with Crippen LogP contribution in [0.5, 0.6) is 0 Å². The summed E-state index contributed by atoms with van der Waals surface area (Å²) in [6.07, 6.45) is 3.55. The molecule has 0 fully saturated rings. The van der Waals surface area contributed by atoms with Crippen LogP contribution in [0, 0.1) is 5.92 Å². The molecule has 3 aromatic rings. The van der Waals surface area contributed by atoms with Crippen molar-refractivity contribution < 1.29 is 9.32 Å². The Morgan fingerprint density at radius 3 is 2.75 bits per heavy atom. The van der Waals surface area contributed by atoms with E-state index < -0.39 is 11.5 Å². The van der Waals surface area contributed by atoms with Crippen LogP contribution in [0.25, 0.3) is 11.5 Å². The van der Waals surface area contributed by atoms with Crippen molar-refractivity contribution in [3.63, 3.8) is 0 Å². The van der Waals surface area contributed by atoms with Gasteiger partial charge < -0.3 is 14.4 Å². The van der Waals surface area contributed by atoms with E-state index >= 15 is 0 Å². The number of pyridine rings is 1. The molecule has 9 heteroatoms. The quantitative estimate of drug-likeness (QED) is 0.664. The summed E-state index contributed by atoms with van der Waals surface area (Å²) in [5, 5.41) is 3.92. The second kappa shape index (κ2) is 8.55. The van der Waals surface area contributed by atoms with Crippen molar-refractivity contribution in [2.24, 2.45) is 5.92 Å². The van der Waals surface area contributed by atoms with Gasteiger partial charge in [0.15, 0.2) is 11.6 Å². The van der Waals surface area contributed by atoms with Crippen molar-refractivity contribution in [3.05, 3.63) is 58.2 Å². The van der Waals surface area contributed by atoms with E-state index in [4.69, 9.17) is 4.52 Å². The molecule has 0 bridgehead atoms. The highest BCUT2D eigenvalue weighted by Crippen LogP contribution is 2.11. The number of H-pyrrole nitrogens is 1. The first kappa shape index (κ1) is 19.4. The van der Waals surface area contributed by atoms with Gasteiger partial charge in [-0.3, -0.25) is 14.6 Å². The molecule has 0 atom stereocenters. The molecule has 1 N–H and O–H groups in total. The highest BCUT2D eigenvalue weighted by Gasteiger charge is 2.21. The highest BCUT2D eigenvalue weighted by atomic mass is 16.5. The third kappa shape index (κ3) is 4.48. The molecule has 3 heterocycles. The fraction of sp³-hybridized carbons (Fsp3) is 0.368. The zero-order valence-electron chi connectivity index (χ0n) is 16.0. The van der Waals surface area contributed by atoms with Gasteiger partial charge in [0.1, 0.15) is 11.3 Å². The molecule has 0 aliphatic rings. The molecule has 0 radical (unpaired) electrons. The van der Waals surface area contributed by atoms with E-state index in [2.05, 4.69) is 38.9 Å². The minimum Gasteiger partial charge on any atom is -0.339 e. The van der Waals surface area contributed by atoms with Gasteiger partial charge in [-0.15, -0.1) is 0 Å². The van der Waals surface area contributed by atoms with Gasteiger partial charge in [-0.2, -0.15) is 4.98 Å². The lowest BCUT2D eigenvalue weighted by Crippen LogP contribution is -2.35. The van der Waals surface area contributed by atoms with Crippen LogP contribution in [-0.2, 0) is 13.0 Å². The van der Waals surface area contributed by atoms with Gasteiger partial charge >= 0.3 is 0 Å². The van der Waals surface area contributed by atoms with Crippen molar-refractivity contribution in [3.8, 4) is 11.5 Å². The maximum Gasteiger partial charge on any atom is 0.264 e. The smallest absolute Gasteiger partial charge is 0.264 e. The number of aromatic nitrogens is 5. The van der Waals surface area contributed by atoms with E-state index in [1.54, 1.807) is 24.4 Å². The molecule has 146 valence electrons. The van der Waals surface area contributed by atoms with Crippen LogP contribution in [0.3, 0.4) is 0 Å². The number of amides is 1. The molecule has 1 amide bonds. The summed E-state index contributed by atoms with van der Waals surface area (Å²) in [5.74, 6) is 1.19. The molecule has 3 aromatic heterocycles. The molecule has 0 spiro atoms. The Hall–Kier alpha value is -3.36. The van der Waals surface area contributed by atoms with Gasteiger partial charge in [0, 0.05) is 25.4 Å². The number of hydrogen-bond acceptors (Lipinski definition) is 7. The van der Waals surface area contributed by atoms with Gasteiger partial charge in [0.05, 0.1) is 6.54 Å². The average Bonchev–Trinajstić information content (AvgIpc) is 3.12. The summed E-state index contributed by atoms with van der Waals surface area (Å²) in [6, 6.07) is 5.28. The van der Waals surface area contributed by atoms with E-state index in [1.807, 2.05) is 6.92 Å². The van der Waals surface area contributed by atoms with Gasteiger partial charge in [0.2, 0.25) is 5.89 Å². The van der Waals surface area contributed by atoms with E-state index in [0.717, 1.165) is 0 Å². The molecule has 3 rings (SSSR count). The summed E-state index contributed by atoms with van der Waals surface area (Å²) in [7, 11) is 0. The fourth-order valence-corrected chi connectivity index (χ4v) is 2.64. The van der Waals surface area contributed by atoms with Crippen LogP contribution < -0.4 is 5.56 Å². The lowest BCUT2D eigenvalue weighted by Gasteiger charge is -2.18. The van der Waals surface area contributed by atoms with Crippen LogP contribution in [-0.4, -0.2) is 42.4 Å². The summed E-state index contributed by atoms with van der Waals surface area (Å²) < 4.78 is 5.21. The first-order valence-corrected chi connectivity index (χ1v) is 9.09. The van der Waals surface area contributed by atoms with Crippen LogP contribution in [0.4, 0.5) is 0 Å². The third-order valence-electron chi connectivity index (χ3n) is 4.03. The number of nitrogens with zero attached hydrogens (tertiary/aromatic N) is 5. The van der Waals surface area contributed by atoms with Gasteiger partial charge in [-0.1, -0.05) is 25.1 Å². The molecule has 0 saturated heterocycles. The minimum absolute atomic E-state index is 0.0487. The minimum atomic E-state index is -0.521. The van der Waals surface area contributed by atoms with E-state index in [9.17, 15) is 9.59 Å². The first-order chi connectivity index (χ1) is 13.5. The molecule has 0 aliphatic heterocycles. The zero-order valence-corrected chi connectivity index (χ0v) is 16.0. The molecule has 28 heavy (non-hydrogen) atoms. The molecular formula is C19H22N6O3. The van der Waals surface area contributed by atoms with E-state index in [1.165, 1.54) is 11.1 Å². The van der Waals surface area contributed by atoms with Crippen LogP contribution in [0.2, 0.25) is 0 Å². The number of rotatable bonds is 7. The Morgan fingerprint density at radius 1 is 1.29 bits per heavy atom. The molecular weight excluding hydrogens is 360 g/mol. The van der Waals surface area contributed by atoms with E-state index in [0.29, 0.717) is 42.1 Å². The maximum atomic E-state index is 12.8. The number of nitrogens with one attached hydrogen (secondary N) is 1. The lowest BCUT2D eigenvalue weighted by molar-refractivity contribution is 0.0745. The molecule has 0 aromatic carbocycles. The van der Waals surface area contributed by atoms with Crippen molar-refractivity contribution in [2.45, 2.75) is 33.7 Å². The highest BCUT2D eigenvalue weighted by molar-refractivity contribution is 5.93. The third-order valence-corrected chi connectivity index (χ3v) is 4.03. The van der Waals surface area contributed by atoms with Crippen LogP contribution in [0.1, 0.15) is 42.8 Å². The zero-order chi connectivity index (χ0) is 20.1. The first-order valence-electron chi connectivity index (χ1n) is 9.09. The second-order valence-electron chi connectivity index (χ2n) is 6.71. The predicted octanol–water partition coefficient (Wildman–Crippen LogP) is 2.08. The second-order valence-corrected chi connectivity index (χ2v) is 6.71. The summed E-state index contributed by atoms with van der Waals surface area (Å²) in [5.41, 5.74) is -0.0458. The number of carbonyl (C=O) groups excluding carboxylic acids is 1. The van der Waals surface area contributed by atoms with Crippen molar-refractivity contribution in [1.29, 1.82) is 0 Å². The molecule has 0 unspecified atom stereocenters. The van der Waals surface area contributed by atoms with Crippen molar-refractivity contribution in [1.82, 2.24) is 30.0 Å². The summed E-state index contributed by atoms with van der Waals surface area (Å²) in [6.45, 7) is 6.46. The maximum absolute atomic E-state index is 12.8.